The molecule has 1 amide bonds. The predicted octanol–water partition coefficient (Wildman–Crippen LogP) is 1.45. The SMILES string of the molecule is O=C([C@@H]1CC[C@@H](O)c2nn(Cc3ccc(C(F)(F)F)nc3)c(=O)n21)N1CC[C@H](F)C1. The van der Waals surface area contributed by atoms with E-state index in [1.54, 1.807) is 0 Å². The van der Waals surface area contributed by atoms with Crippen LogP contribution < -0.4 is 5.69 Å². The molecule has 0 bridgehead atoms. The summed E-state index contributed by atoms with van der Waals surface area (Å²) in [6.07, 6.45) is -5.08. The van der Waals surface area contributed by atoms with Gasteiger partial charge in [0.25, 0.3) is 0 Å². The Kier molecular flexibility index (Phi) is 5.12. The predicted molar refractivity (Wildman–Crippen MR) is 94.2 cm³/mol. The maximum absolute atomic E-state index is 13.5. The van der Waals surface area contributed by atoms with E-state index in [0.29, 0.717) is 5.56 Å². The zero-order chi connectivity index (χ0) is 21.6. The van der Waals surface area contributed by atoms with E-state index < -0.39 is 41.8 Å². The molecule has 1 saturated heterocycles. The van der Waals surface area contributed by atoms with Gasteiger partial charge in [0.15, 0.2) is 5.82 Å². The highest BCUT2D eigenvalue weighted by atomic mass is 19.4. The molecule has 0 aromatic carbocycles. The molecule has 2 aromatic rings. The van der Waals surface area contributed by atoms with E-state index in [1.165, 1.54) is 11.0 Å². The van der Waals surface area contributed by atoms with E-state index >= 15 is 0 Å². The van der Waals surface area contributed by atoms with E-state index in [0.717, 1.165) is 21.5 Å². The number of likely N-dealkylation sites (tertiary alicyclic amines) is 1. The third-order valence-corrected chi connectivity index (χ3v) is 5.40. The number of rotatable bonds is 3. The van der Waals surface area contributed by atoms with Crippen molar-refractivity contribution in [1.82, 2.24) is 24.2 Å². The topological polar surface area (TPSA) is 93.2 Å². The number of alkyl halides is 4. The summed E-state index contributed by atoms with van der Waals surface area (Å²) in [5, 5.41) is 14.3. The second-order valence-corrected chi connectivity index (χ2v) is 7.50. The Hall–Kier alpha value is -2.76. The summed E-state index contributed by atoms with van der Waals surface area (Å²) in [5.74, 6) is -0.387. The number of hydrogen-bond donors (Lipinski definition) is 1. The molecule has 8 nitrogen and oxygen atoms in total. The van der Waals surface area contributed by atoms with Crippen LogP contribution >= 0.6 is 0 Å². The van der Waals surface area contributed by atoms with Gasteiger partial charge >= 0.3 is 11.9 Å². The number of carbonyl (C=O) groups is 1. The third-order valence-electron chi connectivity index (χ3n) is 5.40. The van der Waals surface area contributed by atoms with Crippen LogP contribution in [-0.4, -0.2) is 54.5 Å². The summed E-state index contributed by atoms with van der Waals surface area (Å²) in [6, 6.07) is 1.09. The Morgan fingerprint density at radius 1 is 1.23 bits per heavy atom. The number of aromatic nitrogens is 4. The number of hydrogen-bond acceptors (Lipinski definition) is 5. The molecule has 0 unspecified atom stereocenters. The summed E-state index contributed by atoms with van der Waals surface area (Å²) >= 11 is 0. The average molecular weight is 429 g/mol. The second kappa shape index (κ2) is 7.49. The highest BCUT2D eigenvalue weighted by Gasteiger charge is 2.39. The normalized spacial score (nSPS) is 24.2. The van der Waals surface area contributed by atoms with Gasteiger partial charge in [0.1, 0.15) is 24.0 Å². The number of halogens is 4. The minimum absolute atomic E-state index is 0.0143. The van der Waals surface area contributed by atoms with Crippen molar-refractivity contribution in [2.45, 2.75) is 50.3 Å². The monoisotopic (exact) mass is 429 g/mol. The maximum atomic E-state index is 13.5. The van der Waals surface area contributed by atoms with Gasteiger partial charge in [-0.2, -0.15) is 18.3 Å². The van der Waals surface area contributed by atoms with Crippen LogP contribution in [0, 0.1) is 0 Å². The van der Waals surface area contributed by atoms with E-state index in [4.69, 9.17) is 0 Å². The Labute approximate surface area is 167 Å². The number of nitrogens with zero attached hydrogens (tertiary/aromatic N) is 5. The lowest BCUT2D eigenvalue weighted by atomic mass is 10.0. The molecule has 2 aliphatic rings. The van der Waals surface area contributed by atoms with Crippen molar-refractivity contribution in [2.75, 3.05) is 13.1 Å². The number of aliphatic hydroxyl groups excluding tert-OH is 1. The number of amides is 1. The summed E-state index contributed by atoms with van der Waals surface area (Å²) in [5.41, 5.74) is -1.42. The fourth-order valence-electron chi connectivity index (χ4n) is 3.86. The van der Waals surface area contributed by atoms with Crippen molar-refractivity contribution in [1.29, 1.82) is 0 Å². The molecule has 3 atom stereocenters. The van der Waals surface area contributed by atoms with Gasteiger partial charge in [-0.3, -0.25) is 14.3 Å². The minimum atomic E-state index is -4.57. The van der Waals surface area contributed by atoms with Gasteiger partial charge in [-0.1, -0.05) is 6.07 Å². The van der Waals surface area contributed by atoms with E-state index in [-0.39, 0.29) is 44.7 Å². The van der Waals surface area contributed by atoms with E-state index in [1.807, 2.05) is 0 Å². The molecular formula is C18H19F4N5O3. The first kappa shape index (κ1) is 20.5. The first-order valence-corrected chi connectivity index (χ1v) is 9.47. The molecule has 0 aliphatic carbocycles. The molecule has 4 heterocycles. The molecule has 1 N–H and O–H groups in total. The lowest BCUT2D eigenvalue weighted by molar-refractivity contribution is -0.141. The molecule has 162 valence electrons. The van der Waals surface area contributed by atoms with Gasteiger partial charge in [-0.15, -0.1) is 0 Å². The number of carbonyl (C=O) groups excluding carboxylic acids is 1. The highest BCUT2D eigenvalue weighted by Crippen LogP contribution is 2.32. The Morgan fingerprint density at radius 3 is 2.60 bits per heavy atom. The van der Waals surface area contributed by atoms with Crippen molar-refractivity contribution in [2.24, 2.45) is 0 Å². The van der Waals surface area contributed by atoms with Gasteiger partial charge < -0.3 is 10.0 Å². The minimum Gasteiger partial charge on any atom is -0.385 e. The molecule has 1 fully saturated rings. The molecule has 0 spiro atoms. The van der Waals surface area contributed by atoms with Crippen LogP contribution in [0.2, 0.25) is 0 Å². The fourth-order valence-corrected chi connectivity index (χ4v) is 3.86. The maximum Gasteiger partial charge on any atom is 0.433 e. The smallest absolute Gasteiger partial charge is 0.385 e. The van der Waals surface area contributed by atoms with Gasteiger partial charge in [-0.05, 0) is 30.9 Å². The first-order chi connectivity index (χ1) is 14.1. The van der Waals surface area contributed by atoms with Crippen LogP contribution in [0.3, 0.4) is 0 Å². The van der Waals surface area contributed by atoms with Gasteiger partial charge in [0.2, 0.25) is 5.91 Å². The number of fused-ring (bicyclic) bond motifs is 1. The van der Waals surface area contributed by atoms with Gasteiger partial charge in [0, 0.05) is 12.7 Å². The van der Waals surface area contributed by atoms with Crippen LogP contribution in [0.1, 0.15) is 48.5 Å². The average Bonchev–Trinajstić information content (AvgIpc) is 3.26. The zero-order valence-electron chi connectivity index (χ0n) is 15.7. The van der Waals surface area contributed by atoms with Crippen LogP contribution in [0.15, 0.2) is 23.1 Å². The largest absolute Gasteiger partial charge is 0.433 e. The van der Waals surface area contributed by atoms with Crippen molar-refractivity contribution in [3.8, 4) is 0 Å². The van der Waals surface area contributed by atoms with Crippen LogP contribution in [0.5, 0.6) is 0 Å². The summed E-state index contributed by atoms with van der Waals surface area (Å²) in [7, 11) is 0. The fraction of sp³-hybridized carbons (Fsp3) is 0.556. The molecular weight excluding hydrogens is 410 g/mol. The molecule has 2 aliphatic heterocycles. The van der Waals surface area contributed by atoms with Crippen molar-refractivity contribution < 1.29 is 27.5 Å². The lowest BCUT2D eigenvalue weighted by Gasteiger charge is -2.28. The quantitative estimate of drug-likeness (QED) is 0.746. The third kappa shape index (κ3) is 3.71. The van der Waals surface area contributed by atoms with Crippen molar-refractivity contribution in [3.05, 3.63) is 45.9 Å². The summed E-state index contributed by atoms with van der Waals surface area (Å²) < 4.78 is 53.6. The second-order valence-electron chi connectivity index (χ2n) is 7.50. The van der Waals surface area contributed by atoms with Gasteiger partial charge in [0.05, 0.1) is 13.1 Å². The summed E-state index contributed by atoms with van der Waals surface area (Å²) in [6.45, 7) is 0.0513. The molecule has 0 saturated carbocycles. The molecule has 30 heavy (non-hydrogen) atoms. The Morgan fingerprint density at radius 2 is 2.00 bits per heavy atom. The van der Waals surface area contributed by atoms with Crippen LogP contribution in [-0.2, 0) is 17.5 Å². The first-order valence-electron chi connectivity index (χ1n) is 9.47. The highest BCUT2D eigenvalue weighted by molar-refractivity contribution is 5.81. The zero-order valence-corrected chi connectivity index (χ0v) is 15.7. The summed E-state index contributed by atoms with van der Waals surface area (Å²) in [4.78, 5) is 30.4. The standard InChI is InChI=1S/C18H19F4N5O3/c19-11-5-6-25(9-11)16(29)12-2-3-13(28)15-24-26(17(30)27(12)15)8-10-1-4-14(23-7-10)18(20,21)22/h1,4,7,11-13,28H,2-3,5-6,8-9H2/t11-,12-,13+/m0/s1. The number of pyridine rings is 1. The molecule has 2 aromatic heterocycles. The van der Waals surface area contributed by atoms with E-state index in [9.17, 15) is 32.3 Å². The molecule has 4 rings (SSSR count). The molecule has 0 radical (unpaired) electrons. The van der Waals surface area contributed by atoms with Crippen LogP contribution in [0.25, 0.3) is 0 Å². The van der Waals surface area contributed by atoms with Crippen molar-refractivity contribution in [3.63, 3.8) is 0 Å². The lowest BCUT2D eigenvalue weighted by Crippen LogP contribution is -2.42. The van der Waals surface area contributed by atoms with Crippen molar-refractivity contribution >= 4 is 5.91 Å². The van der Waals surface area contributed by atoms with Crippen LogP contribution in [0.4, 0.5) is 17.6 Å². The Balaban J connectivity index is 1.62. The number of aliphatic hydroxyl groups is 1. The Bertz CT molecular complexity index is 1000. The molecule has 12 heteroatoms. The van der Waals surface area contributed by atoms with Gasteiger partial charge in [-0.25, -0.2) is 13.9 Å². The van der Waals surface area contributed by atoms with E-state index in [2.05, 4.69) is 10.1 Å².